The quantitative estimate of drug-likeness (QED) is 0.587. The number of aromatic nitrogens is 1. The molecule has 0 N–H and O–H groups in total. The van der Waals surface area contributed by atoms with Crippen molar-refractivity contribution in [3.8, 4) is 0 Å². The summed E-state index contributed by atoms with van der Waals surface area (Å²) in [5.74, 6) is 0. The lowest BCUT2D eigenvalue weighted by molar-refractivity contribution is 1.30. The van der Waals surface area contributed by atoms with Gasteiger partial charge < -0.3 is 0 Å². The van der Waals surface area contributed by atoms with E-state index in [0.29, 0.717) is 0 Å². The Kier molecular flexibility index (Phi) is 2.55. The van der Waals surface area contributed by atoms with E-state index in [1.165, 1.54) is 0 Å². The van der Waals surface area contributed by atoms with Crippen molar-refractivity contribution in [1.82, 2.24) is 4.98 Å². The van der Waals surface area contributed by atoms with Crippen molar-refractivity contribution < 1.29 is 0 Å². The van der Waals surface area contributed by atoms with Crippen molar-refractivity contribution >= 4 is 11.9 Å². The molecule has 1 aromatic heterocycles. The van der Waals surface area contributed by atoms with Crippen molar-refractivity contribution in [3.05, 3.63) is 36.7 Å². The Morgan fingerprint density at radius 1 is 1.73 bits per heavy atom. The van der Waals surface area contributed by atoms with E-state index in [4.69, 9.17) is 0 Å². The first kappa shape index (κ1) is 7.66. The molecule has 11 heavy (non-hydrogen) atoms. The van der Waals surface area contributed by atoms with Crippen molar-refractivity contribution in [2.75, 3.05) is 0 Å². The molecule has 0 unspecified atom stereocenters. The van der Waals surface area contributed by atoms with Crippen LogP contribution in [0.1, 0.15) is 12.5 Å². The maximum absolute atomic E-state index is 4.04. The highest BCUT2D eigenvalue weighted by Crippen LogP contribution is 2.09. The minimum absolute atomic E-state index is 0.751. The monoisotopic (exact) mass is 146 g/mol. The lowest BCUT2D eigenvalue weighted by Crippen LogP contribution is -1.79. The average molecular weight is 146 g/mol. The first-order valence-electron chi connectivity index (χ1n) is 3.42. The number of aliphatic imine (C=N–C) groups is 1. The van der Waals surface area contributed by atoms with Crippen LogP contribution in [0.2, 0.25) is 0 Å². The molecular weight excluding hydrogens is 136 g/mol. The lowest BCUT2D eigenvalue weighted by atomic mass is 10.2. The second kappa shape index (κ2) is 3.66. The molecule has 0 bridgehead atoms. The zero-order valence-corrected chi connectivity index (χ0v) is 6.49. The van der Waals surface area contributed by atoms with Crippen molar-refractivity contribution in [2.45, 2.75) is 6.92 Å². The molecule has 0 spiro atoms. The summed E-state index contributed by atoms with van der Waals surface area (Å²) in [5.41, 5.74) is 1.71. The number of rotatable bonds is 2. The normalized spacial score (nSPS) is 10.3. The fourth-order valence-electron chi connectivity index (χ4n) is 0.764. The van der Waals surface area contributed by atoms with Crippen molar-refractivity contribution in [3.63, 3.8) is 0 Å². The summed E-state index contributed by atoms with van der Waals surface area (Å²) >= 11 is 0. The van der Waals surface area contributed by atoms with Crippen LogP contribution in [0, 0.1) is 0 Å². The van der Waals surface area contributed by atoms with E-state index in [9.17, 15) is 0 Å². The van der Waals surface area contributed by atoms with E-state index >= 15 is 0 Å². The van der Waals surface area contributed by atoms with Crippen LogP contribution in [0.4, 0.5) is 0 Å². The molecule has 0 aliphatic heterocycles. The van der Waals surface area contributed by atoms with Crippen LogP contribution in [0.5, 0.6) is 0 Å². The Morgan fingerprint density at radius 3 is 3.09 bits per heavy atom. The Morgan fingerprint density at radius 2 is 2.55 bits per heavy atom. The highest BCUT2D eigenvalue weighted by Gasteiger charge is 1.92. The molecule has 1 aromatic rings. The summed E-state index contributed by atoms with van der Waals surface area (Å²) in [4.78, 5) is 7.99. The molecule has 0 aromatic carbocycles. The van der Waals surface area contributed by atoms with E-state index in [1.807, 2.05) is 19.1 Å². The van der Waals surface area contributed by atoms with Gasteiger partial charge in [-0.05, 0) is 19.1 Å². The molecule has 0 radical (unpaired) electrons. The molecule has 1 heterocycles. The van der Waals surface area contributed by atoms with Crippen LogP contribution in [-0.4, -0.2) is 11.2 Å². The van der Waals surface area contributed by atoms with Crippen LogP contribution in [0.3, 0.4) is 0 Å². The number of nitrogens with zero attached hydrogens (tertiary/aromatic N) is 2. The molecule has 0 saturated carbocycles. The van der Waals surface area contributed by atoms with E-state index in [1.54, 1.807) is 18.6 Å². The Labute approximate surface area is 66.3 Å². The highest BCUT2D eigenvalue weighted by atomic mass is 14.7. The van der Waals surface area contributed by atoms with Gasteiger partial charge in [-0.1, -0.05) is 6.58 Å². The fourth-order valence-corrected chi connectivity index (χ4v) is 0.764. The number of hydrogen-bond acceptors (Lipinski definition) is 2. The second-order valence-corrected chi connectivity index (χ2v) is 2.08. The zero-order chi connectivity index (χ0) is 8.10. The van der Waals surface area contributed by atoms with Gasteiger partial charge in [0.25, 0.3) is 0 Å². The molecule has 0 atom stereocenters. The molecule has 0 amide bonds. The minimum Gasteiger partial charge on any atom is -0.264 e. The smallest absolute Gasteiger partial charge is 0.0641 e. The van der Waals surface area contributed by atoms with Crippen molar-refractivity contribution in [1.29, 1.82) is 0 Å². The van der Waals surface area contributed by atoms with Gasteiger partial charge in [0, 0.05) is 24.2 Å². The average Bonchev–Trinajstić information content (AvgIpc) is 2.07. The van der Waals surface area contributed by atoms with Crippen LogP contribution in [0.25, 0.3) is 5.70 Å². The van der Waals surface area contributed by atoms with Gasteiger partial charge in [-0.2, -0.15) is 0 Å². The third-order valence-electron chi connectivity index (χ3n) is 1.28. The molecule has 2 heteroatoms. The molecule has 2 nitrogen and oxygen atoms in total. The van der Waals surface area contributed by atoms with Crippen LogP contribution >= 0.6 is 0 Å². The summed E-state index contributed by atoms with van der Waals surface area (Å²) in [6.07, 6.45) is 5.19. The van der Waals surface area contributed by atoms with E-state index in [2.05, 4.69) is 16.6 Å². The van der Waals surface area contributed by atoms with Crippen LogP contribution < -0.4 is 0 Å². The van der Waals surface area contributed by atoms with Gasteiger partial charge in [-0.15, -0.1) is 0 Å². The van der Waals surface area contributed by atoms with Gasteiger partial charge in [-0.25, -0.2) is 0 Å². The maximum atomic E-state index is 4.04. The molecule has 0 fully saturated rings. The highest BCUT2D eigenvalue weighted by molar-refractivity contribution is 5.70. The van der Waals surface area contributed by atoms with Gasteiger partial charge in [0.05, 0.1) is 5.70 Å². The summed E-state index contributed by atoms with van der Waals surface area (Å²) in [6.45, 7) is 5.64. The maximum Gasteiger partial charge on any atom is 0.0641 e. The van der Waals surface area contributed by atoms with E-state index in [-0.39, 0.29) is 0 Å². The summed E-state index contributed by atoms with van der Waals surface area (Å²) in [7, 11) is 0. The first-order valence-corrected chi connectivity index (χ1v) is 3.42. The van der Waals surface area contributed by atoms with Crippen LogP contribution in [-0.2, 0) is 0 Å². The lowest BCUT2D eigenvalue weighted by Gasteiger charge is -1.95. The Balaban J connectivity index is 2.86. The van der Waals surface area contributed by atoms with Gasteiger partial charge in [-0.3, -0.25) is 9.98 Å². The Hall–Kier alpha value is -1.44. The standard InChI is InChI=1S/C9H10N2/c1-3-11-8(2)9-5-4-6-10-7-9/h3-7H,2H2,1H3. The molecule has 56 valence electrons. The summed E-state index contributed by atoms with van der Waals surface area (Å²) in [5, 5.41) is 0. The predicted molar refractivity (Wildman–Crippen MR) is 47.4 cm³/mol. The molecule has 0 aliphatic carbocycles. The number of hydrogen-bond donors (Lipinski definition) is 0. The second-order valence-electron chi connectivity index (χ2n) is 2.08. The van der Waals surface area contributed by atoms with Gasteiger partial charge in [0.15, 0.2) is 0 Å². The minimum atomic E-state index is 0.751. The summed E-state index contributed by atoms with van der Waals surface area (Å²) < 4.78 is 0. The topological polar surface area (TPSA) is 25.2 Å². The van der Waals surface area contributed by atoms with Gasteiger partial charge >= 0.3 is 0 Å². The van der Waals surface area contributed by atoms with E-state index < -0.39 is 0 Å². The molecular formula is C9H10N2. The fraction of sp³-hybridized carbons (Fsp3) is 0.111. The molecule has 0 aliphatic rings. The zero-order valence-electron chi connectivity index (χ0n) is 6.49. The van der Waals surface area contributed by atoms with E-state index in [0.717, 1.165) is 11.3 Å². The van der Waals surface area contributed by atoms with Crippen LogP contribution in [0.15, 0.2) is 36.1 Å². The summed E-state index contributed by atoms with van der Waals surface area (Å²) in [6, 6.07) is 3.80. The Bertz CT molecular complexity index is 262. The molecule has 1 rings (SSSR count). The third-order valence-corrected chi connectivity index (χ3v) is 1.28. The SMILES string of the molecule is C=C(N=CC)c1cccnc1. The van der Waals surface area contributed by atoms with Gasteiger partial charge in [0.1, 0.15) is 0 Å². The van der Waals surface area contributed by atoms with Crippen molar-refractivity contribution in [2.24, 2.45) is 4.99 Å². The first-order chi connectivity index (χ1) is 5.34. The third kappa shape index (κ3) is 2.00. The largest absolute Gasteiger partial charge is 0.264 e. The number of pyridine rings is 1. The molecule has 0 saturated heterocycles. The van der Waals surface area contributed by atoms with Gasteiger partial charge in [0.2, 0.25) is 0 Å². The predicted octanol–water partition coefficient (Wildman–Crippen LogP) is 2.14.